The Morgan fingerprint density at radius 1 is 1.40 bits per heavy atom. The van der Waals surface area contributed by atoms with Crippen molar-refractivity contribution in [2.24, 2.45) is 5.73 Å². The minimum Gasteiger partial charge on any atom is -0.484 e. The molecule has 3 N–H and O–H groups in total. The van der Waals surface area contributed by atoms with Gasteiger partial charge < -0.3 is 15.8 Å². The van der Waals surface area contributed by atoms with Gasteiger partial charge in [-0.2, -0.15) is 13.2 Å². The Morgan fingerprint density at radius 3 is 2.70 bits per heavy atom. The minimum absolute atomic E-state index is 0.402. The Bertz CT molecular complexity index is 467. The van der Waals surface area contributed by atoms with E-state index in [0.717, 1.165) is 10.0 Å². The van der Waals surface area contributed by atoms with Gasteiger partial charge in [0.1, 0.15) is 12.3 Å². The lowest BCUT2D eigenvalue weighted by Gasteiger charge is -2.11. The summed E-state index contributed by atoms with van der Waals surface area (Å²) in [4.78, 5) is 11.2. The van der Waals surface area contributed by atoms with E-state index >= 15 is 0 Å². The van der Waals surface area contributed by atoms with Crippen molar-refractivity contribution in [2.75, 3.05) is 19.7 Å². The molecular weight excluding hydrogens is 341 g/mol. The van der Waals surface area contributed by atoms with Gasteiger partial charge in [-0.15, -0.1) is 0 Å². The van der Waals surface area contributed by atoms with Crippen LogP contribution in [0.1, 0.15) is 5.56 Å². The number of rotatable bonds is 6. The van der Waals surface area contributed by atoms with Gasteiger partial charge in [-0.25, -0.2) is 0 Å². The van der Waals surface area contributed by atoms with Crippen molar-refractivity contribution < 1.29 is 22.7 Å². The van der Waals surface area contributed by atoms with Gasteiger partial charge in [-0.05, 0) is 36.7 Å². The third-order valence-corrected chi connectivity index (χ3v) is 3.06. The minimum atomic E-state index is -4.43. The maximum absolute atomic E-state index is 11.9. The molecule has 4 nitrogen and oxygen atoms in total. The number of alkyl halides is 3. The molecule has 0 fully saturated rings. The van der Waals surface area contributed by atoms with Crippen LogP contribution in [0.25, 0.3) is 0 Å². The lowest BCUT2D eigenvalue weighted by molar-refractivity contribution is -0.139. The van der Waals surface area contributed by atoms with E-state index in [0.29, 0.717) is 18.7 Å². The van der Waals surface area contributed by atoms with E-state index in [-0.39, 0.29) is 0 Å². The van der Waals surface area contributed by atoms with Crippen LogP contribution in [0.15, 0.2) is 22.7 Å². The summed E-state index contributed by atoms with van der Waals surface area (Å²) in [5, 5.41) is 1.73. The Balaban J connectivity index is 2.49. The van der Waals surface area contributed by atoms with E-state index in [1.165, 1.54) is 0 Å². The molecular formula is C12H14BrF3N2O2. The zero-order valence-electron chi connectivity index (χ0n) is 10.5. The molecule has 1 rings (SSSR count). The molecule has 112 valence electrons. The molecule has 0 saturated heterocycles. The van der Waals surface area contributed by atoms with Gasteiger partial charge in [-0.3, -0.25) is 4.79 Å². The monoisotopic (exact) mass is 354 g/mol. The molecule has 8 heteroatoms. The van der Waals surface area contributed by atoms with Gasteiger partial charge in [-0.1, -0.05) is 15.9 Å². The summed E-state index contributed by atoms with van der Waals surface area (Å²) in [5.41, 5.74) is 6.35. The first kappa shape index (κ1) is 16.8. The van der Waals surface area contributed by atoms with Crippen molar-refractivity contribution in [3.8, 4) is 5.75 Å². The largest absolute Gasteiger partial charge is 0.484 e. The Hall–Kier alpha value is -1.28. The molecule has 0 aliphatic heterocycles. The van der Waals surface area contributed by atoms with Crippen molar-refractivity contribution in [3.63, 3.8) is 0 Å². The van der Waals surface area contributed by atoms with Gasteiger partial charge in [0.2, 0.25) is 0 Å². The molecule has 0 saturated carbocycles. The van der Waals surface area contributed by atoms with Gasteiger partial charge in [0.25, 0.3) is 5.91 Å². The first-order valence-electron chi connectivity index (χ1n) is 5.76. The normalized spacial score (nSPS) is 11.2. The summed E-state index contributed by atoms with van der Waals surface area (Å²) < 4.78 is 41.7. The highest BCUT2D eigenvalue weighted by Crippen LogP contribution is 2.22. The van der Waals surface area contributed by atoms with Crippen LogP contribution in [-0.2, 0) is 11.2 Å². The van der Waals surface area contributed by atoms with E-state index < -0.39 is 25.2 Å². The molecule has 0 aliphatic carbocycles. The number of benzene rings is 1. The second-order valence-electron chi connectivity index (χ2n) is 3.97. The highest BCUT2D eigenvalue weighted by Gasteiger charge is 2.27. The summed E-state index contributed by atoms with van der Waals surface area (Å²) in [6, 6.07) is 5.03. The van der Waals surface area contributed by atoms with Crippen LogP contribution in [-0.4, -0.2) is 31.8 Å². The van der Waals surface area contributed by atoms with Crippen LogP contribution in [0.5, 0.6) is 5.75 Å². The summed E-state index contributed by atoms with van der Waals surface area (Å²) >= 11 is 3.34. The van der Waals surface area contributed by atoms with Gasteiger partial charge in [0, 0.05) is 4.47 Å². The number of hydrogen-bond acceptors (Lipinski definition) is 3. The summed E-state index contributed by atoms with van der Waals surface area (Å²) in [6.45, 7) is -1.39. The van der Waals surface area contributed by atoms with Crippen LogP contribution < -0.4 is 15.8 Å². The smallest absolute Gasteiger partial charge is 0.405 e. The van der Waals surface area contributed by atoms with E-state index in [2.05, 4.69) is 15.9 Å². The lowest BCUT2D eigenvalue weighted by atomic mass is 10.1. The topological polar surface area (TPSA) is 64.3 Å². The number of nitrogens with two attached hydrogens (primary N) is 1. The van der Waals surface area contributed by atoms with Crippen LogP contribution in [0.3, 0.4) is 0 Å². The molecule has 1 amide bonds. The highest BCUT2D eigenvalue weighted by atomic mass is 79.9. The van der Waals surface area contributed by atoms with E-state index in [9.17, 15) is 18.0 Å². The van der Waals surface area contributed by atoms with Crippen LogP contribution in [0.4, 0.5) is 13.2 Å². The quantitative estimate of drug-likeness (QED) is 0.821. The molecule has 1 aromatic carbocycles. The molecule has 0 unspecified atom stereocenters. The van der Waals surface area contributed by atoms with E-state index in [1.807, 2.05) is 0 Å². The summed E-state index contributed by atoms with van der Waals surface area (Å²) in [6.07, 6.45) is -3.81. The number of carbonyl (C=O) groups is 1. The van der Waals surface area contributed by atoms with Crippen molar-refractivity contribution in [2.45, 2.75) is 12.6 Å². The molecule has 1 aromatic rings. The fourth-order valence-corrected chi connectivity index (χ4v) is 1.83. The number of carbonyl (C=O) groups excluding carboxylic acids is 1. The second-order valence-corrected chi connectivity index (χ2v) is 4.83. The molecule has 0 aromatic heterocycles. The van der Waals surface area contributed by atoms with Crippen molar-refractivity contribution >= 4 is 21.8 Å². The predicted molar refractivity (Wildman–Crippen MR) is 71.5 cm³/mol. The van der Waals surface area contributed by atoms with Gasteiger partial charge in [0.15, 0.2) is 6.61 Å². The first-order chi connectivity index (χ1) is 9.31. The fraction of sp³-hybridized carbons (Fsp3) is 0.417. The Morgan fingerprint density at radius 2 is 2.10 bits per heavy atom. The molecule has 0 heterocycles. The zero-order chi connectivity index (χ0) is 15.2. The summed E-state index contributed by atoms with van der Waals surface area (Å²) in [7, 11) is 0. The first-order valence-corrected chi connectivity index (χ1v) is 6.56. The molecule has 0 spiro atoms. The molecule has 0 radical (unpaired) electrons. The number of ether oxygens (including phenoxy) is 1. The number of hydrogen-bond donors (Lipinski definition) is 2. The Kier molecular flexibility index (Phi) is 6.28. The molecule has 20 heavy (non-hydrogen) atoms. The maximum atomic E-state index is 11.9. The number of amides is 1. The predicted octanol–water partition coefficient (Wildman–Crippen LogP) is 2.01. The SMILES string of the molecule is NCCc1cc(OCC(=O)NCC(F)(F)F)ccc1Br. The average Bonchev–Trinajstić information content (AvgIpc) is 2.36. The average molecular weight is 355 g/mol. The number of nitrogens with one attached hydrogen (secondary N) is 1. The van der Waals surface area contributed by atoms with Crippen molar-refractivity contribution in [3.05, 3.63) is 28.2 Å². The van der Waals surface area contributed by atoms with Crippen LogP contribution >= 0.6 is 15.9 Å². The van der Waals surface area contributed by atoms with Gasteiger partial charge >= 0.3 is 6.18 Å². The molecule has 0 bridgehead atoms. The van der Waals surface area contributed by atoms with Crippen LogP contribution in [0, 0.1) is 0 Å². The van der Waals surface area contributed by atoms with E-state index in [4.69, 9.17) is 10.5 Å². The summed E-state index contributed by atoms with van der Waals surface area (Å²) in [5.74, 6) is -0.426. The zero-order valence-corrected chi connectivity index (χ0v) is 12.1. The standard InChI is InChI=1S/C12H14BrF3N2O2/c13-10-2-1-9(5-8(10)3-4-17)20-6-11(19)18-7-12(14,15)16/h1-2,5H,3-4,6-7,17H2,(H,18,19). The van der Waals surface area contributed by atoms with Crippen molar-refractivity contribution in [1.82, 2.24) is 5.32 Å². The third kappa shape index (κ3) is 6.25. The lowest BCUT2D eigenvalue weighted by Crippen LogP contribution is -2.36. The number of halogens is 4. The van der Waals surface area contributed by atoms with Gasteiger partial charge in [0.05, 0.1) is 0 Å². The molecule has 0 aliphatic rings. The maximum Gasteiger partial charge on any atom is 0.405 e. The van der Waals surface area contributed by atoms with Crippen molar-refractivity contribution in [1.29, 1.82) is 0 Å². The van der Waals surface area contributed by atoms with E-state index in [1.54, 1.807) is 23.5 Å². The second kappa shape index (κ2) is 7.49. The van der Waals surface area contributed by atoms with Crippen LogP contribution in [0.2, 0.25) is 0 Å². The highest BCUT2D eigenvalue weighted by molar-refractivity contribution is 9.10. The fourth-order valence-electron chi connectivity index (χ4n) is 1.39. The third-order valence-electron chi connectivity index (χ3n) is 2.29. The molecule has 0 atom stereocenters. The Labute approximate surface area is 122 Å².